The molecule has 1 aromatic carbocycles. The molecule has 0 aromatic heterocycles. The predicted molar refractivity (Wildman–Crippen MR) is 72.0 cm³/mol. The van der Waals surface area contributed by atoms with Crippen LogP contribution in [-0.2, 0) is 6.42 Å². The SMILES string of the molecule is NCC1(NCCc2ccccc2)CCNCC1. The molecule has 0 atom stereocenters. The van der Waals surface area contributed by atoms with Crippen molar-refractivity contribution >= 4 is 0 Å². The van der Waals surface area contributed by atoms with Crippen LogP contribution in [0.15, 0.2) is 30.3 Å². The van der Waals surface area contributed by atoms with Crippen LogP contribution in [0.1, 0.15) is 18.4 Å². The normalized spacial score (nSPS) is 19.1. The fourth-order valence-corrected chi connectivity index (χ4v) is 2.48. The molecule has 17 heavy (non-hydrogen) atoms. The van der Waals surface area contributed by atoms with Crippen molar-refractivity contribution in [2.75, 3.05) is 26.2 Å². The van der Waals surface area contributed by atoms with Crippen LogP contribution in [0.3, 0.4) is 0 Å². The Morgan fingerprint density at radius 3 is 2.53 bits per heavy atom. The third-order valence-corrected chi connectivity index (χ3v) is 3.71. The molecule has 0 radical (unpaired) electrons. The molecular formula is C14H23N3. The molecule has 4 N–H and O–H groups in total. The van der Waals surface area contributed by atoms with E-state index in [0.29, 0.717) is 0 Å². The highest BCUT2D eigenvalue weighted by Gasteiger charge is 2.29. The molecule has 0 aliphatic carbocycles. The van der Waals surface area contributed by atoms with Crippen LogP contribution >= 0.6 is 0 Å². The van der Waals surface area contributed by atoms with E-state index in [0.717, 1.165) is 45.4 Å². The van der Waals surface area contributed by atoms with E-state index in [-0.39, 0.29) is 5.54 Å². The molecular weight excluding hydrogens is 210 g/mol. The lowest BCUT2D eigenvalue weighted by atomic mass is 9.88. The third kappa shape index (κ3) is 3.53. The van der Waals surface area contributed by atoms with Crippen molar-refractivity contribution in [2.24, 2.45) is 5.73 Å². The average molecular weight is 233 g/mol. The van der Waals surface area contributed by atoms with Crippen molar-refractivity contribution in [3.05, 3.63) is 35.9 Å². The summed E-state index contributed by atoms with van der Waals surface area (Å²) in [5.74, 6) is 0. The Morgan fingerprint density at radius 1 is 1.18 bits per heavy atom. The second kappa shape index (κ2) is 6.15. The van der Waals surface area contributed by atoms with Gasteiger partial charge in [-0.1, -0.05) is 30.3 Å². The van der Waals surface area contributed by atoms with Crippen molar-refractivity contribution in [1.82, 2.24) is 10.6 Å². The van der Waals surface area contributed by atoms with E-state index in [9.17, 15) is 0 Å². The lowest BCUT2D eigenvalue weighted by Crippen LogP contribution is -2.57. The smallest absolute Gasteiger partial charge is 0.0328 e. The first-order valence-corrected chi connectivity index (χ1v) is 6.54. The van der Waals surface area contributed by atoms with Gasteiger partial charge in [0.15, 0.2) is 0 Å². The molecule has 0 saturated carbocycles. The van der Waals surface area contributed by atoms with Gasteiger partial charge in [-0.15, -0.1) is 0 Å². The highest BCUT2D eigenvalue weighted by molar-refractivity contribution is 5.15. The maximum Gasteiger partial charge on any atom is 0.0328 e. The van der Waals surface area contributed by atoms with Gasteiger partial charge in [0.05, 0.1) is 0 Å². The number of hydrogen-bond donors (Lipinski definition) is 3. The number of rotatable bonds is 5. The molecule has 1 heterocycles. The summed E-state index contributed by atoms with van der Waals surface area (Å²) in [6, 6.07) is 10.6. The summed E-state index contributed by atoms with van der Waals surface area (Å²) in [5.41, 5.74) is 7.48. The molecule has 1 aliphatic rings. The monoisotopic (exact) mass is 233 g/mol. The first-order valence-electron chi connectivity index (χ1n) is 6.54. The molecule has 0 bridgehead atoms. The highest BCUT2D eigenvalue weighted by atomic mass is 15.0. The van der Waals surface area contributed by atoms with Crippen molar-refractivity contribution in [3.8, 4) is 0 Å². The van der Waals surface area contributed by atoms with Crippen molar-refractivity contribution in [1.29, 1.82) is 0 Å². The zero-order valence-corrected chi connectivity index (χ0v) is 10.4. The van der Waals surface area contributed by atoms with Gasteiger partial charge in [-0.3, -0.25) is 0 Å². The number of piperidine rings is 1. The average Bonchev–Trinajstić information content (AvgIpc) is 2.41. The molecule has 94 valence electrons. The van der Waals surface area contributed by atoms with Gasteiger partial charge < -0.3 is 16.4 Å². The Balaban J connectivity index is 1.80. The van der Waals surface area contributed by atoms with Crippen LogP contribution in [-0.4, -0.2) is 31.7 Å². The summed E-state index contributed by atoms with van der Waals surface area (Å²) in [4.78, 5) is 0. The van der Waals surface area contributed by atoms with Crippen molar-refractivity contribution in [3.63, 3.8) is 0 Å². The van der Waals surface area contributed by atoms with Crippen molar-refractivity contribution < 1.29 is 0 Å². The van der Waals surface area contributed by atoms with Gasteiger partial charge in [0.2, 0.25) is 0 Å². The van der Waals surface area contributed by atoms with Crippen LogP contribution in [0, 0.1) is 0 Å². The third-order valence-electron chi connectivity index (χ3n) is 3.71. The minimum Gasteiger partial charge on any atom is -0.329 e. The van der Waals surface area contributed by atoms with Gasteiger partial charge in [0.1, 0.15) is 0 Å². The van der Waals surface area contributed by atoms with Crippen LogP contribution in [0.5, 0.6) is 0 Å². The van der Waals surface area contributed by atoms with Crippen LogP contribution < -0.4 is 16.4 Å². The summed E-state index contributed by atoms with van der Waals surface area (Å²) < 4.78 is 0. The lowest BCUT2D eigenvalue weighted by Gasteiger charge is -2.37. The molecule has 1 aromatic rings. The Kier molecular flexibility index (Phi) is 4.54. The Hall–Kier alpha value is -0.900. The second-order valence-electron chi connectivity index (χ2n) is 4.90. The quantitative estimate of drug-likeness (QED) is 0.708. The zero-order valence-electron chi connectivity index (χ0n) is 10.4. The fraction of sp³-hybridized carbons (Fsp3) is 0.571. The summed E-state index contributed by atoms with van der Waals surface area (Å²) in [5, 5.41) is 7.05. The van der Waals surface area contributed by atoms with E-state index in [4.69, 9.17) is 5.73 Å². The standard InChI is InChI=1S/C14H23N3/c15-12-14(7-10-16-11-8-14)17-9-6-13-4-2-1-3-5-13/h1-5,16-17H,6-12,15H2. The minimum atomic E-state index is 0.167. The van der Waals surface area contributed by atoms with Gasteiger partial charge in [-0.25, -0.2) is 0 Å². The van der Waals surface area contributed by atoms with Gasteiger partial charge >= 0.3 is 0 Å². The molecule has 1 fully saturated rings. The molecule has 2 rings (SSSR count). The van der Waals surface area contributed by atoms with Crippen LogP contribution in [0.4, 0.5) is 0 Å². The van der Waals surface area contributed by atoms with Gasteiger partial charge in [0, 0.05) is 12.1 Å². The maximum absolute atomic E-state index is 5.93. The molecule has 1 saturated heterocycles. The molecule has 0 amide bonds. The van der Waals surface area contributed by atoms with E-state index < -0.39 is 0 Å². The van der Waals surface area contributed by atoms with Crippen LogP contribution in [0.25, 0.3) is 0 Å². The molecule has 3 heteroatoms. The number of nitrogens with two attached hydrogens (primary N) is 1. The van der Waals surface area contributed by atoms with E-state index >= 15 is 0 Å². The van der Waals surface area contributed by atoms with E-state index in [1.165, 1.54) is 5.56 Å². The van der Waals surface area contributed by atoms with Crippen molar-refractivity contribution in [2.45, 2.75) is 24.8 Å². The summed E-state index contributed by atoms with van der Waals surface area (Å²) in [7, 11) is 0. The second-order valence-corrected chi connectivity index (χ2v) is 4.90. The number of hydrogen-bond acceptors (Lipinski definition) is 3. The van der Waals surface area contributed by atoms with Gasteiger partial charge in [-0.2, -0.15) is 0 Å². The summed E-state index contributed by atoms with van der Waals surface area (Å²) >= 11 is 0. The van der Waals surface area contributed by atoms with E-state index in [1.807, 2.05) is 0 Å². The van der Waals surface area contributed by atoms with Gasteiger partial charge in [-0.05, 0) is 44.5 Å². The Bertz CT molecular complexity index is 317. The fourth-order valence-electron chi connectivity index (χ4n) is 2.48. The lowest BCUT2D eigenvalue weighted by molar-refractivity contribution is 0.252. The number of nitrogens with one attached hydrogen (secondary N) is 2. The first-order chi connectivity index (χ1) is 8.35. The molecule has 0 unspecified atom stereocenters. The number of benzene rings is 1. The largest absolute Gasteiger partial charge is 0.329 e. The molecule has 0 spiro atoms. The predicted octanol–water partition coefficient (Wildman–Crippen LogP) is 0.900. The summed E-state index contributed by atoms with van der Waals surface area (Å²) in [6.45, 7) is 3.91. The highest BCUT2D eigenvalue weighted by Crippen LogP contribution is 2.16. The topological polar surface area (TPSA) is 50.1 Å². The van der Waals surface area contributed by atoms with E-state index in [1.54, 1.807) is 0 Å². The molecule has 1 aliphatic heterocycles. The molecule has 3 nitrogen and oxygen atoms in total. The Morgan fingerprint density at radius 2 is 1.88 bits per heavy atom. The first kappa shape index (κ1) is 12.6. The van der Waals surface area contributed by atoms with Gasteiger partial charge in [0.25, 0.3) is 0 Å². The van der Waals surface area contributed by atoms with E-state index in [2.05, 4.69) is 41.0 Å². The zero-order chi connectivity index (χ0) is 12.0. The Labute approximate surface area is 104 Å². The minimum absolute atomic E-state index is 0.167. The van der Waals surface area contributed by atoms with Crippen LogP contribution in [0.2, 0.25) is 0 Å². The summed E-state index contributed by atoms with van der Waals surface area (Å²) in [6.07, 6.45) is 3.35. The maximum atomic E-state index is 5.93.